The van der Waals surface area contributed by atoms with Crippen molar-refractivity contribution in [3.63, 3.8) is 0 Å². The summed E-state index contributed by atoms with van der Waals surface area (Å²) in [7, 11) is 1.48. The number of carbonyl (C=O) groups is 1. The van der Waals surface area contributed by atoms with E-state index in [2.05, 4.69) is 13.8 Å². The van der Waals surface area contributed by atoms with Gasteiger partial charge in [0.25, 0.3) is 5.91 Å². The van der Waals surface area contributed by atoms with E-state index in [9.17, 15) is 9.90 Å². The molecule has 5 heteroatoms. The summed E-state index contributed by atoms with van der Waals surface area (Å²) in [6.45, 7) is 5.84. The Kier molecular flexibility index (Phi) is 4.48. The van der Waals surface area contributed by atoms with Crippen LogP contribution in [0.25, 0.3) is 0 Å². The van der Waals surface area contributed by atoms with Gasteiger partial charge in [0.15, 0.2) is 11.5 Å². The third-order valence-corrected chi connectivity index (χ3v) is 4.95. The number of amides is 1. The van der Waals surface area contributed by atoms with E-state index in [4.69, 9.17) is 4.74 Å². The summed E-state index contributed by atoms with van der Waals surface area (Å²) in [4.78, 5) is 14.4. The zero-order chi connectivity index (χ0) is 14.8. The minimum absolute atomic E-state index is 0.0730. The van der Waals surface area contributed by atoms with Crippen LogP contribution in [0.5, 0.6) is 11.5 Å². The number of para-hydroxylation sites is 1. The molecule has 0 unspecified atom stereocenters. The number of nitrogens with zero attached hydrogens (tertiary/aromatic N) is 1. The fraction of sp³-hybridized carbons (Fsp3) is 0.533. The Balaban J connectivity index is 2.19. The molecule has 1 N–H and O–H groups in total. The van der Waals surface area contributed by atoms with Crippen molar-refractivity contribution in [2.45, 2.75) is 25.0 Å². The van der Waals surface area contributed by atoms with Crippen LogP contribution in [-0.2, 0) is 0 Å². The topological polar surface area (TPSA) is 49.8 Å². The minimum atomic E-state index is -0.125. The fourth-order valence-corrected chi connectivity index (χ4v) is 3.35. The van der Waals surface area contributed by atoms with Gasteiger partial charge in [-0.1, -0.05) is 19.9 Å². The molecule has 0 spiro atoms. The number of phenolic OH excluding ortho intramolecular Hbond substituents is 1. The first-order chi connectivity index (χ1) is 9.44. The van der Waals surface area contributed by atoms with Crippen LogP contribution >= 0.6 is 11.8 Å². The number of aromatic hydroxyl groups is 1. The first-order valence-electron chi connectivity index (χ1n) is 6.74. The number of thioether (sulfide) groups is 1. The van der Waals surface area contributed by atoms with Crippen LogP contribution < -0.4 is 4.74 Å². The molecule has 1 aliphatic heterocycles. The first-order valence-corrected chi connectivity index (χ1v) is 7.72. The molecule has 1 aromatic carbocycles. The molecular formula is C15H21NO3S. The third kappa shape index (κ3) is 3.20. The van der Waals surface area contributed by atoms with Gasteiger partial charge < -0.3 is 14.7 Å². The van der Waals surface area contributed by atoms with Crippen molar-refractivity contribution in [2.24, 2.45) is 0 Å². The lowest BCUT2D eigenvalue weighted by atomic mass is 10.1. The maximum atomic E-state index is 12.6. The van der Waals surface area contributed by atoms with E-state index >= 15 is 0 Å². The van der Waals surface area contributed by atoms with Crippen molar-refractivity contribution < 1.29 is 14.6 Å². The molecule has 4 nitrogen and oxygen atoms in total. The predicted molar refractivity (Wildman–Crippen MR) is 81.7 cm³/mol. The van der Waals surface area contributed by atoms with E-state index in [1.165, 1.54) is 7.11 Å². The molecule has 0 saturated carbocycles. The van der Waals surface area contributed by atoms with Crippen LogP contribution in [-0.4, -0.2) is 46.6 Å². The van der Waals surface area contributed by atoms with Crippen LogP contribution in [0, 0.1) is 0 Å². The largest absolute Gasteiger partial charge is 0.504 e. The number of methoxy groups -OCH3 is 1. The van der Waals surface area contributed by atoms with E-state index in [0.717, 1.165) is 18.7 Å². The predicted octanol–water partition coefficient (Wildman–Crippen LogP) is 2.76. The standard InChI is InChI=1S/C15H21NO3S/c1-15(2)7-8-16(9-10-20-15)14(18)11-5-4-6-12(19-3)13(11)17/h4-6,17H,7-10H2,1-3H3. The Morgan fingerprint density at radius 3 is 2.85 bits per heavy atom. The smallest absolute Gasteiger partial charge is 0.257 e. The van der Waals surface area contributed by atoms with Crippen LogP contribution in [0.1, 0.15) is 30.6 Å². The lowest BCUT2D eigenvalue weighted by Gasteiger charge is -2.23. The van der Waals surface area contributed by atoms with E-state index in [1.54, 1.807) is 18.2 Å². The number of phenols is 1. The Morgan fingerprint density at radius 1 is 1.40 bits per heavy atom. The van der Waals surface area contributed by atoms with Crippen molar-refractivity contribution in [1.82, 2.24) is 4.90 Å². The number of rotatable bonds is 2. The molecule has 20 heavy (non-hydrogen) atoms. The number of hydrogen-bond donors (Lipinski definition) is 1. The number of benzene rings is 1. The lowest BCUT2D eigenvalue weighted by molar-refractivity contribution is 0.0761. The summed E-state index contributed by atoms with van der Waals surface area (Å²) in [5.41, 5.74) is 0.314. The minimum Gasteiger partial charge on any atom is -0.504 e. The van der Waals surface area contributed by atoms with Gasteiger partial charge in [0.1, 0.15) is 0 Å². The van der Waals surface area contributed by atoms with Gasteiger partial charge in [0.05, 0.1) is 12.7 Å². The SMILES string of the molecule is COc1cccc(C(=O)N2CCSC(C)(C)CC2)c1O. The molecule has 1 amide bonds. The molecule has 1 fully saturated rings. The van der Waals surface area contributed by atoms with E-state index in [1.807, 2.05) is 16.7 Å². The zero-order valence-electron chi connectivity index (χ0n) is 12.2. The summed E-state index contributed by atoms with van der Waals surface area (Å²) < 4.78 is 5.26. The van der Waals surface area contributed by atoms with Gasteiger partial charge in [-0.3, -0.25) is 4.79 Å². The van der Waals surface area contributed by atoms with Gasteiger partial charge in [0.2, 0.25) is 0 Å². The molecule has 1 aliphatic rings. The van der Waals surface area contributed by atoms with Gasteiger partial charge in [-0.2, -0.15) is 11.8 Å². The maximum absolute atomic E-state index is 12.6. The summed E-state index contributed by atoms with van der Waals surface area (Å²) in [6, 6.07) is 5.01. The van der Waals surface area contributed by atoms with Crippen molar-refractivity contribution in [3.8, 4) is 11.5 Å². The van der Waals surface area contributed by atoms with Crippen molar-refractivity contribution >= 4 is 17.7 Å². The molecule has 0 radical (unpaired) electrons. The van der Waals surface area contributed by atoms with Crippen molar-refractivity contribution in [2.75, 3.05) is 26.0 Å². The molecular weight excluding hydrogens is 274 g/mol. The summed E-state index contributed by atoms with van der Waals surface area (Å²) in [5, 5.41) is 10.1. The second-order valence-corrected chi connectivity index (χ2v) is 7.31. The van der Waals surface area contributed by atoms with Crippen LogP contribution in [0.15, 0.2) is 18.2 Å². The fourth-order valence-electron chi connectivity index (χ4n) is 2.25. The molecule has 1 heterocycles. The highest BCUT2D eigenvalue weighted by molar-refractivity contribution is 8.00. The second-order valence-electron chi connectivity index (χ2n) is 5.51. The average Bonchev–Trinajstić information content (AvgIpc) is 2.59. The number of hydrogen-bond acceptors (Lipinski definition) is 4. The van der Waals surface area contributed by atoms with Crippen LogP contribution in [0.2, 0.25) is 0 Å². The first kappa shape index (κ1) is 15.0. The van der Waals surface area contributed by atoms with Gasteiger partial charge in [-0.15, -0.1) is 0 Å². The van der Waals surface area contributed by atoms with Gasteiger partial charge >= 0.3 is 0 Å². The lowest BCUT2D eigenvalue weighted by Crippen LogP contribution is -2.33. The van der Waals surface area contributed by atoms with E-state index < -0.39 is 0 Å². The molecule has 2 rings (SSSR count). The highest BCUT2D eigenvalue weighted by Gasteiger charge is 2.27. The monoisotopic (exact) mass is 295 g/mol. The Labute approximate surface area is 124 Å². The van der Waals surface area contributed by atoms with Gasteiger partial charge in [0, 0.05) is 23.6 Å². The summed E-state index contributed by atoms with van der Waals surface area (Å²) >= 11 is 1.89. The highest BCUT2D eigenvalue weighted by atomic mass is 32.2. The molecule has 0 bridgehead atoms. The third-order valence-electron chi connectivity index (χ3n) is 3.57. The zero-order valence-corrected chi connectivity index (χ0v) is 13.0. The molecule has 0 atom stereocenters. The summed E-state index contributed by atoms with van der Waals surface area (Å²) in [6.07, 6.45) is 0.953. The quantitative estimate of drug-likeness (QED) is 0.911. The molecule has 110 valence electrons. The average molecular weight is 295 g/mol. The highest BCUT2D eigenvalue weighted by Crippen LogP contribution is 2.33. The Morgan fingerprint density at radius 2 is 2.15 bits per heavy atom. The second kappa shape index (κ2) is 5.95. The van der Waals surface area contributed by atoms with Crippen molar-refractivity contribution in [1.29, 1.82) is 0 Å². The summed E-state index contributed by atoms with van der Waals surface area (Å²) in [5.74, 6) is 1.06. The Bertz CT molecular complexity index is 502. The molecule has 0 aliphatic carbocycles. The molecule has 0 aromatic heterocycles. The van der Waals surface area contributed by atoms with Gasteiger partial charge in [-0.25, -0.2) is 0 Å². The van der Waals surface area contributed by atoms with Crippen LogP contribution in [0.4, 0.5) is 0 Å². The number of carbonyl (C=O) groups excluding carboxylic acids is 1. The van der Waals surface area contributed by atoms with Crippen molar-refractivity contribution in [3.05, 3.63) is 23.8 Å². The normalized spacial score (nSPS) is 18.4. The van der Waals surface area contributed by atoms with Crippen LogP contribution in [0.3, 0.4) is 0 Å². The molecule has 1 saturated heterocycles. The maximum Gasteiger partial charge on any atom is 0.257 e. The van der Waals surface area contributed by atoms with E-state index in [-0.39, 0.29) is 16.4 Å². The number of ether oxygens (including phenoxy) is 1. The molecule has 1 aromatic rings. The van der Waals surface area contributed by atoms with E-state index in [0.29, 0.717) is 17.9 Å². The Hall–Kier alpha value is -1.36. The van der Waals surface area contributed by atoms with Gasteiger partial charge in [-0.05, 0) is 18.6 Å².